The number of hydrogen-bond acceptors (Lipinski definition) is 2. The first kappa shape index (κ1) is 11.6. The maximum atomic E-state index is 12.4. The van der Waals surface area contributed by atoms with E-state index >= 15 is 0 Å². The van der Waals surface area contributed by atoms with Gasteiger partial charge in [-0.1, -0.05) is 12.8 Å². The van der Waals surface area contributed by atoms with Crippen molar-refractivity contribution in [1.82, 2.24) is 4.90 Å². The Kier molecular flexibility index (Phi) is 3.64. The summed E-state index contributed by atoms with van der Waals surface area (Å²) in [6.07, 6.45) is 4.92. The standard InChI is InChI=1S/C13H19NOS/c1-3-14(11-6-4-5-7-11)13(15)12-10(2)8-9-16-12/h8-9,11H,3-7H2,1-2H3. The monoisotopic (exact) mass is 237 g/mol. The van der Waals surface area contributed by atoms with Crippen LogP contribution in [0.2, 0.25) is 0 Å². The third-order valence-electron chi connectivity index (χ3n) is 3.42. The topological polar surface area (TPSA) is 20.3 Å². The van der Waals surface area contributed by atoms with Crippen molar-refractivity contribution in [2.45, 2.75) is 45.6 Å². The number of thiophene rings is 1. The highest BCUT2D eigenvalue weighted by atomic mass is 32.1. The highest BCUT2D eigenvalue weighted by Gasteiger charge is 2.27. The van der Waals surface area contributed by atoms with Gasteiger partial charge < -0.3 is 4.90 Å². The van der Waals surface area contributed by atoms with Gasteiger partial charge in [0.15, 0.2) is 0 Å². The molecule has 2 rings (SSSR count). The van der Waals surface area contributed by atoms with Crippen molar-refractivity contribution in [3.05, 3.63) is 21.9 Å². The molecular formula is C13H19NOS. The van der Waals surface area contributed by atoms with Gasteiger partial charge in [0.05, 0.1) is 4.88 Å². The van der Waals surface area contributed by atoms with Crippen LogP contribution < -0.4 is 0 Å². The molecule has 0 spiro atoms. The van der Waals surface area contributed by atoms with Crippen LogP contribution in [0.15, 0.2) is 11.4 Å². The third-order valence-corrected chi connectivity index (χ3v) is 4.43. The summed E-state index contributed by atoms with van der Waals surface area (Å²) in [5.74, 6) is 0.238. The Morgan fingerprint density at radius 2 is 2.19 bits per heavy atom. The van der Waals surface area contributed by atoms with Crippen LogP contribution in [0, 0.1) is 6.92 Å². The lowest BCUT2D eigenvalue weighted by atomic mass is 10.2. The lowest BCUT2D eigenvalue weighted by Gasteiger charge is -2.27. The molecule has 16 heavy (non-hydrogen) atoms. The van der Waals surface area contributed by atoms with Crippen molar-refractivity contribution in [2.24, 2.45) is 0 Å². The van der Waals surface area contributed by atoms with Gasteiger partial charge in [0.1, 0.15) is 0 Å². The molecule has 0 atom stereocenters. The number of aryl methyl sites for hydroxylation is 1. The molecule has 0 bridgehead atoms. The van der Waals surface area contributed by atoms with E-state index in [0.29, 0.717) is 6.04 Å². The molecule has 1 aliphatic rings. The molecule has 1 fully saturated rings. The van der Waals surface area contributed by atoms with Gasteiger partial charge in [0.25, 0.3) is 5.91 Å². The molecule has 1 amide bonds. The summed E-state index contributed by atoms with van der Waals surface area (Å²) in [5, 5.41) is 2.01. The van der Waals surface area contributed by atoms with E-state index in [1.54, 1.807) is 11.3 Å². The summed E-state index contributed by atoms with van der Waals surface area (Å²) in [5.41, 5.74) is 1.12. The Morgan fingerprint density at radius 1 is 1.50 bits per heavy atom. The summed E-state index contributed by atoms with van der Waals surface area (Å²) in [6.45, 7) is 4.94. The van der Waals surface area contributed by atoms with Crippen molar-refractivity contribution >= 4 is 17.2 Å². The van der Waals surface area contributed by atoms with E-state index in [4.69, 9.17) is 0 Å². The average Bonchev–Trinajstić information content (AvgIpc) is 2.90. The fourth-order valence-electron chi connectivity index (χ4n) is 2.51. The smallest absolute Gasteiger partial charge is 0.264 e. The van der Waals surface area contributed by atoms with Crippen molar-refractivity contribution in [2.75, 3.05) is 6.54 Å². The van der Waals surface area contributed by atoms with Gasteiger partial charge in [-0.05, 0) is 43.7 Å². The Bertz CT molecular complexity index is 366. The zero-order chi connectivity index (χ0) is 11.5. The number of nitrogens with zero attached hydrogens (tertiary/aromatic N) is 1. The van der Waals surface area contributed by atoms with E-state index in [2.05, 4.69) is 11.8 Å². The molecule has 1 heterocycles. The minimum Gasteiger partial charge on any atom is -0.335 e. The lowest BCUT2D eigenvalue weighted by Crippen LogP contribution is -2.38. The van der Waals surface area contributed by atoms with E-state index in [0.717, 1.165) is 17.0 Å². The zero-order valence-electron chi connectivity index (χ0n) is 10.0. The van der Waals surface area contributed by atoms with Crippen LogP contribution in [0.5, 0.6) is 0 Å². The summed E-state index contributed by atoms with van der Waals surface area (Å²) >= 11 is 1.57. The number of amides is 1. The molecule has 0 radical (unpaired) electrons. The second-order valence-electron chi connectivity index (χ2n) is 4.46. The highest BCUT2D eigenvalue weighted by molar-refractivity contribution is 7.12. The van der Waals surface area contributed by atoms with Crippen molar-refractivity contribution < 1.29 is 4.79 Å². The average molecular weight is 237 g/mol. The van der Waals surface area contributed by atoms with Crippen molar-refractivity contribution in [1.29, 1.82) is 0 Å². The van der Waals surface area contributed by atoms with Crippen molar-refractivity contribution in [3.8, 4) is 0 Å². The fourth-order valence-corrected chi connectivity index (χ4v) is 3.39. The maximum Gasteiger partial charge on any atom is 0.264 e. The van der Waals surface area contributed by atoms with Gasteiger partial charge in [-0.25, -0.2) is 0 Å². The highest BCUT2D eigenvalue weighted by Crippen LogP contribution is 2.26. The SMILES string of the molecule is CCN(C(=O)c1sccc1C)C1CCCC1. The number of hydrogen-bond donors (Lipinski definition) is 0. The fraction of sp³-hybridized carbons (Fsp3) is 0.615. The summed E-state index contributed by atoms with van der Waals surface area (Å²) in [6, 6.07) is 2.51. The first-order valence-electron chi connectivity index (χ1n) is 6.09. The molecule has 2 nitrogen and oxygen atoms in total. The molecular weight excluding hydrogens is 218 g/mol. The minimum absolute atomic E-state index is 0.238. The first-order valence-corrected chi connectivity index (χ1v) is 6.97. The number of rotatable bonds is 3. The second-order valence-corrected chi connectivity index (χ2v) is 5.38. The number of carbonyl (C=O) groups excluding carboxylic acids is 1. The molecule has 0 N–H and O–H groups in total. The number of carbonyl (C=O) groups is 1. The van der Waals surface area contributed by atoms with Crippen LogP contribution in [0.3, 0.4) is 0 Å². The van der Waals surface area contributed by atoms with E-state index in [9.17, 15) is 4.79 Å². The molecule has 3 heteroatoms. The van der Waals surface area contributed by atoms with Gasteiger partial charge in [-0.2, -0.15) is 0 Å². The van der Waals surface area contributed by atoms with Crippen LogP contribution in [0.4, 0.5) is 0 Å². The lowest BCUT2D eigenvalue weighted by molar-refractivity contribution is 0.0698. The van der Waals surface area contributed by atoms with Crippen LogP contribution >= 0.6 is 11.3 Å². The third kappa shape index (κ3) is 2.14. The Hall–Kier alpha value is -0.830. The van der Waals surface area contributed by atoms with Crippen LogP contribution in [0.1, 0.15) is 47.8 Å². The van der Waals surface area contributed by atoms with Crippen LogP contribution in [-0.2, 0) is 0 Å². The molecule has 0 unspecified atom stereocenters. The van der Waals surface area contributed by atoms with Crippen LogP contribution in [-0.4, -0.2) is 23.4 Å². The summed E-state index contributed by atoms with van der Waals surface area (Å²) < 4.78 is 0. The van der Waals surface area contributed by atoms with E-state index in [1.165, 1.54) is 25.7 Å². The van der Waals surface area contributed by atoms with Gasteiger partial charge in [0, 0.05) is 12.6 Å². The Morgan fingerprint density at radius 3 is 2.69 bits per heavy atom. The second kappa shape index (κ2) is 5.00. The normalized spacial score (nSPS) is 16.6. The van der Waals surface area contributed by atoms with Gasteiger partial charge in [-0.15, -0.1) is 11.3 Å². The Balaban J connectivity index is 2.15. The maximum absolute atomic E-state index is 12.4. The molecule has 1 aliphatic carbocycles. The molecule has 0 aromatic carbocycles. The van der Waals surface area contributed by atoms with E-state index in [1.807, 2.05) is 18.4 Å². The van der Waals surface area contributed by atoms with E-state index in [-0.39, 0.29) is 5.91 Å². The molecule has 1 aromatic heterocycles. The predicted molar refractivity (Wildman–Crippen MR) is 68.0 cm³/mol. The molecule has 1 aromatic rings. The Labute approximate surface area is 101 Å². The first-order chi connectivity index (χ1) is 7.74. The molecule has 88 valence electrons. The van der Waals surface area contributed by atoms with Crippen molar-refractivity contribution in [3.63, 3.8) is 0 Å². The predicted octanol–water partition coefficient (Wildman–Crippen LogP) is 3.46. The molecule has 0 aliphatic heterocycles. The van der Waals surface area contributed by atoms with Gasteiger partial charge >= 0.3 is 0 Å². The summed E-state index contributed by atoms with van der Waals surface area (Å²) in [4.78, 5) is 15.4. The van der Waals surface area contributed by atoms with E-state index < -0.39 is 0 Å². The zero-order valence-corrected chi connectivity index (χ0v) is 10.8. The molecule has 0 saturated heterocycles. The quantitative estimate of drug-likeness (QED) is 0.788. The van der Waals surface area contributed by atoms with Crippen LogP contribution in [0.25, 0.3) is 0 Å². The molecule has 1 saturated carbocycles. The van der Waals surface area contributed by atoms with Gasteiger partial charge in [-0.3, -0.25) is 4.79 Å². The summed E-state index contributed by atoms with van der Waals surface area (Å²) in [7, 11) is 0. The largest absolute Gasteiger partial charge is 0.335 e. The minimum atomic E-state index is 0.238. The van der Waals surface area contributed by atoms with Gasteiger partial charge in [0.2, 0.25) is 0 Å².